The third-order valence-corrected chi connectivity index (χ3v) is 8.27. The molecule has 6 rings (SSSR count). The molecule has 41 heavy (non-hydrogen) atoms. The number of likely N-dealkylation sites (N-methyl/N-ethyl adjacent to an activating group) is 1. The molecule has 0 saturated carbocycles. The van der Waals surface area contributed by atoms with E-state index in [1.54, 1.807) is 20.9 Å². The number of hydrogen-bond acceptors (Lipinski definition) is 7. The number of aromatic nitrogens is 2. The van der Waals surface area contributed by atoms with Crippen molar-refractivity contribution < 1.29 is 9.59 Å². The predicted molar refractivity (Wildman–Crippen MR) is 162 cm³/mol. The third-order valence-electron chi connectivity index (χ3n) is 7.97. The highest BCUT2D eigenvalue weighted by molar-refractivity contribution is 6.33. The number of amides is 3. The maximum absolute atomic E-state index is 14.0. The molecule has 2 fully saturated rings. The summed E-state index contributed by atoms with van der Waals surface area (Å²) in [7, 11) is 2.13. The number of nitrogens with one attached hydrogen (secondary N) is 1. The molecule has 3 amide bonds. The predicted octanol–water partition coefficient (Wildman–Crippen LogP) is 4.36. The fourth-order valence-corrected chi connectivity index (χ4v) is 5.97. The van der Waals surface area contributed by atoms with E-state index in [1.165, 1.54) is 6.08 Å². The molecule has 1 atom stereocenters. The highest BCUT2D eigenvalue weighted by atomic mass is 35.5. The van der Waals surface area contributed by atoms with E-state index in [0.717, 1.165) is 48.8 Å². The molecule has 11 heteroatoms. The van der Waals surface area contributed by atoms with Gasteiger partial charge in [0.2, 0.25) is 11.9 Å². The first-order chi connectivity index (χ1) is 19.9. The number of fused-ring (bicyclic) bond motifs is 1. The van der Waals surface area contributed by atoms with Crippen molar-refractivity contribution >= 4 is 52.4 Å². The van der Waals surface area contributed by atoms with Crippen molar-refractivity contribution in [3.63, 3.8) is 0 Å². The normalized spacial score (nSPS) is 19.4. The van der Waals surface area contributed by atoms with Gasteiger partial charge in [-0.25, -0.2) is 9.78 Å². The minimum atomic E-state index is -0.225. The highest BCUT2D eigenvalue weighted by Gasteiger charge is 2.40. The van der Waals surface area contributed by atoms with E-state index >= 15 is 0 Å². The molecule has 0 spiro atoms. The first-order valence-corrected chi connectivity index (χ1v) is 14.2. The lowest BCUT2D eigenvalue weighted by Gasteiger charge is -2.39. The number of para-hydroxylation sites is 1. The summed E-state index contributed by atoms with van der Waals surface area (Å²) in [5.41, 5.74) is 3.39. The Morgan fingerprint density at radius 3 is 2.61 bits per heavy atom. The standard InChI is InChI=1S/C30H33ClN8O2/c1-3-27(40)37-12-11-24(20-37)39-28-21(19-38(30(39)41)23-7-5-4-6-8-23)18-32-29(34-28)33-22-9-10-26(25(31)17-22)36-15-13-35(2)14-16-36/h3-10,17-18,24H,1,11-16,19-20H2,2H3,(H,32,33,34)/t24-/m0/s1. The van der Waals surface area contributed by atoms with Crippen LogP contribution in [0, 0.1) is 0 Å². The molecule has 3 aromatic rings. The Kier molecular flexibility index (Phi) is 7.51. The average Bonchev–Trinajstić information content (AvgIpc) is 3.47. The molecule has 1 N–H and O–H groups in total. The number of hydrogen-bond donors (Lipinski definition) is 1. The molecule has 0 bridgehead atoms. The Morgan fingerprint density at radius 2 is 1.88 bits per heavy atom. The molecule has 4 heterocycles. The monoisotopic (exact) mass is 572 g/mol. The van der Waals surface area contributed by atoms with Crippen LogP contribution < -0.4 is 20.0 Å². The van der Waals surface area contributed by atoms with E-state index in [0.29, 0.717) is 42.8 Å². The van der Waals surface area contributed by atoms with Gasteiger partial charge in [0.25, 0.3) is 0 Å². The number of anilines is 5. The first-order valence-electron chi connectivity index (χ1n) is 13.8. The van der Waals surface area contributed by atoms with Crippen LogP contribution in [0.2, 0.25) is 5.02 Å². The van der Waals surface area contributed by atoms with E-state index in [9.17, 15) is 9.59 Å². The zero-order chi connectivity index (χ0) is 28.5. The summed E-state index contributed by atoms with van der Waals surface area (Å²) in [5, 5.41) is 3.93. The van der Waals surface area contributed by atoms with Crippen molar-refractivity contribution in [2.45, 2.75) is 19.0 Å². The average molecular weight is 573 g/mol. The van der Waals surface area contributed by atoms with Crippen LogP contribution in [0.3, 0.4) is 0 Å². The van der Waals surface area contributed by atoms with Gasteiger partial charge < -0.3 is 20.0 Å². The molecule has 0 aliphatic carbocycles. The summed E-state index contributed by atoms with van der Waals surface area (Å²) < 4.78 is 0. The molecule has 3 aliphatic rings. The minimum absolute atomic E-state index is 0.140. The molecule has 2 aromatic carbocycles. The van der Waals surface area contributed by atoms with Crippen molar-refractivity contribution in [1.82, 2.24) is 19.8 Å². The van der Waals surface area contributed by atoms with Gasteiger partial charge in [0.1, 0.15) is 5.82 Å². The van der Waals surface area contributed by atoms with Crippen LogP contribution in [0.5, 0.6) is 0 Å². The van der Waals surface area contributed by atoms with Gasteiger partial charge in [-0.2, -0.15) is 4.98 Å². The fourth-order valence-electron chi connectivity index (χ4n) is 5.67. The summed E-state index contributed by atoms with van der Waals surface area (Å²) in [6.45, 7) is 8.78. The van der Waals surface area contributed by atoms with Gasteiger partial charge >= 0.3 is 6.03 Å². The number of rotatable bonds is 6. The van der Waals surface area contributed by atoms with Crippen LogP contribution in [0.25, 0.3) is 0 Å². The number of nitrogens with zero attached hydrogens (tertiary/aromatic N) is 7. The summed E-state index contributed by atoms with van der Waals surface area (Å²) in [6.07, 6.45) is 3.72. The molecule has 1 aromatic heterocycles. The number of carbonyl (C=O) groups excluding carboxylic acids is 2. The SMILES string of the molecule is C=CC(=O)N1CC[C@H](N2C(=O)N(c3ccccc3)Cc3cnc(Nc4ccc(N5CCN(C)CC5)c(Cl)c4)nc32)C1. The number of likely N-dealkylation sites (tertiary alicyclic amines) is 1. The van der Waals surface area contributed by atoms with Crippen LogP contribution in [-0.4, -0.2) is 84.1 Å². The summed E-state index contributed by atoms with van der Waals surface area (Å²) in [6, 6.07) is 15.0. The summed E-state index contributed by atoms with van der Waals surface area (Å²) in [5.74, 6) is 0.784. The Morgan fingerprint density at radius 1 is 1.10 bits per heavy atom. The largest absolute Gasteiger partial charge is 0.368 e. The molecular formula is C30H33ClN8O2. The maximum atomic E-state index is 14.0. The van der Waals surface area contributed by atoms with Crippen LogP contribution in [-0.2, 0) is 11.3 Å². The van der Waals surface area contributed by atoms with E-state index in [2.05, 4.69) is 33.7 Å². The van der Waals surface area contributed by atoms with Gasteiger partial charge in [-0.3, -0.25) is 14.6 Å². The van der Waals surface area contributed by atoms with E-state index < -0.39 is 0 Å². The van der Waals surface area contributed by atoms with Gasteiger partial charge in [0, 0.05) is 62.4 Å². The Bertz CT molecular complexity index is 1460. The summed E-state index contributed by atoms with van der Waals surface area (Å²) >= 11 is 6.70. The Balaban J connectivity index is 1.28. The number of halogens is 1. The molecule has 3 aliphatic heterocycles. The van der Waals surface area contributed by atoms with Crippen LogP contribution in [0.1, 0.15) is 12.0 Å². The van der Waals surface area contributed by atoms with E-state index in [-0.39, 0.29) is 18.0 Å². The second-order valence-corrected chi connectivity index (χ2v) is 11.0. The van der Waals surface area contributed by atoms with Crippen LogP contribution >= 0.6 is 11.6 Å². The fraction of sp³-hybridized carbons (Fsp3) is 0.333. The molecule has 212 valence electrons. The van der Waals surface area contributed by atoms with Gasteiger partial charge in [-0.15, -0.1) is 0 Å². The second kappa shape index (κ2) is 11.4. The lowest BCUT2D eigenvalue weighted by Crippen LogP contribution is -2.53. The Labute approximate surface area is 244 Å². The van der Waals surface area contributed by atoms with Gasteiger partial charge in [-0.1, -0.05) is 36.4 Å². The first kappa shape index (κ1) is 27.0. The zero-order valence-electron chi connectivity index (χ0n) is 23.0. The maximum Gasteiger partial charge on any atom is 0.330 e. The quantitative estimate of drug-likeness (QED) is 0.439. The number of carbonyl (C=O) groups is 2. The molecule has 2 saturated heterocycles. The third kappa shape index (κ3) is 5.45. The van der Waals surface area contributed by atoms with Gasteiger partial charge in [0.05, 0.1) is 23.3 Å². The topological polar surface area (TPSA) is 88.1 Å². The van der Waals surface area contributed by atoms with Gasteiger partial charge in [0.15, 0.2) is 0 Å². The van der Waals surface area contributed by atoms with E-state index in [1.807, 2.05) is 48.5 Å². The molecule has 0 radical (unpaired) electrons. The number of benzene rings is 2. The highest BCUT2D eigenvalue weighted by Crippen LogP contribution is 2.35. The molecule has 10 nitrogen and oxygen atoms in total. The van der Waals surface area contributed by atoms with Crippen molar-refractivity contribution in [3.8, 4) is 0 Å². The van der Waals surface area contributed by atoms with Crippen molar-refractivity contribution in [3.05, 3.63) is 78.0 Å². The molecule has 0 unspecified atom stereocenters. The number of piperazine rings is 1. The minimum Gasteiger partial charge on any atom is -0.368 e. The smallest absolute Gasteiger partial charge is 0.330 e. The zero-order valence-corrected chi connectivity index (χ0v) is 23.8. The lowest BCUT2D eigenvalue weighted by molar-refractivity contribution is -0.125. The Hall–Kier alpha value is -4.15. The summed E-state index contributed by atoms with van der Waals surface area (Å²) in [4.78, 5) is 45.5. The number of urea groups is 1. The van der Waals surface area contributed by atoms with Crippen LogP contribution in [0.15, 0.2) is 67.4 Å². The van der Waals surface area contributed by atoms with Gasteiger partial charge in [-0.05, 0) is 49.9 Å². The van der Waals surface area contributed by atoms with Crippen molar-refractivity contribution in [2.24, 2.45) is 0 Å². The lowest BCUT2D eigenvalue weighted by atomic mass is 10.1. The van der Waals surface area contributed by atoms with Crippen LogP contribution in [0.4, 0.5) is 33.6 Å². The van der Waals surface area contributed by atoms with E-state index in [4.69, 9.17) is 16.6 Å². The molecular weight excluding hydrogens is 540 g/mol. The van der Waals surface area contributed by atoms with Crippen molar-refractivity contribution in [1.29, 1.82) is 0 Å². The second-order valence-electron chi connectivity index (χ2n) is 10.6. The van der Waals surface area contributed by atoms with Crippen molar-refractivity contribution in [2.75, 3.05) is 66.3 Å².